The molecule has 0 aromatic heterocycles. The van der Waals surface area contributed by atoms with Gasteiger partial charge in [-0.15, -0.1) is 0 Å². The lowest BCUT2D eigenvalue weighted by molar-refractivity contribution is -0.131. The summed E-state index contributed by atoms with van der Waals surface area (Å²) in [5.74, 6) is 0.988. The Hall–Kier alpha value is -0.610. The summed E-state index contributed by atoms with van der Waals surface area (Å²) in [5.41, 5.74) is 0. The molecule has 0 spiro atoms. The molecule has 0 aromatic rings. The molecule has 0 radical (unpaired) electrons. The SMILES string of the molecule is CCCN1CCCC(C(C)NCC(=O)N2CCCCC2)C1. The van der Waals surface area contributed by atoms with Gasteiger partial charge in [0.05, 0.1) is 6.54 Å². The smallest absolute Gasteiger partial charge is 0.236 e. The lowest BCUT2D eigenvalue weighted by Gasteiger charge is -2.36. The second-order valence-corrected chi connectivity index (χ2v) is 6.81. The zero-order valence-corrected chi connectivity index (χ0v) is 13.9. The third-order valence-corrected chi connectivity index (χ3v) is 5.07. The Kier molecular flexibility index (Phi) is 6.97. The summed E-state index contributed by atoms with van der Waals surface area (Å²) in [6.07, 6.45) is 7.47. The monoisotopic (exact) mass is 295 g/mol. The maximum atomic E-state index is 12.2. The number of carbonyl (C=O) groups excluding carboxylic acids is 1. The van der Waals surface area contributed by atoms with Crippen LogP contribution < -0.4 is 5.32 Å². The highest BCUT2D eigenvalue weighted by Gasteiger charge is 2.25. The third-order valence-electron chi connectivity index (χ3n) is 5.07. The third kappa shape index (κ3) is 5.26. The minimum absolute atomic E-state index is 0.294. The van der Waals surface area contributed by atoms with Crippen LogP contribution in [0.25, 0.3) is 0 Å². The van der Waals surface area contributed by atoms with Crippen LogP contribution in [-0.2, 0) is 4.79 Å². The van der Waals surface area contributed by atoms with Crippen LogP contribution in [0.3, 0.4) is 0 Å². The summed E-state index contributed by atoms with van der Waals surface area (Å²) in [7, 11) is 0. The average molecular weight is 295 g/mol. The Balaban J connectivity index is 1.70. The number of nitrogens with one attached hydrogen (secondary N) is 1. The highest BCUT2D eigenvalue weighted by atomic mass is 16.2. The van der Waals surface area contributed by atoms with Gasteiger partial charge in [0, 0.05) is 25.7 Å². The van der Waals surface area contributed by atoms with E-state index >= 15 is 0 Å². The fourth-order valence-electron chi connectivity index (χ4n) is 3.69. The zero-order valence-electron chi connectivity index (χ0n) is 13.9. The summed E-state index contributed by atoms with van der Waals surface area (Å²) in [5, 5.41) is 3.49. The fourth-order valence-corrected chi connectivity index (χ4v) is 3.69. The van der Waals surface area contributed by atoms with Crippen LogP contribution in [0.15, 0.2) is 0 Å². The molecule has 2 saturated heterocycles. The fraction of sp³-hybridized carbons (Fsp3) is 0.941. The standard InChI is InChI=1S/C17H33N3O/c1-3-9-19-10-7-8-16(14-19)15(2)18-13-17(21)20-11-5-4-6-12-20/h15-16,18H,3-14H2,1-2H3. The van der Waals surface area contributed by atoms with Gasteiger partial charge in [-0.05, 0) is 64.5 Å². The highest BCUT2D eigenvalue weighted by Crippen LogP contribution is 2.20. The Morgan fingerprint density at radius 2 is 1.95 bits per heavy atom. The van der Waals surface area contributed by atoms with Crippen LogP contribution in [0.2, 0.25) is 0 Å². The number of hydrogen-bond donors (Lipinski definition) is 1. The number of piperidine rings is 2. The van der Waals surface area contributed by atoms with E-state index in [0.717, 1.165) is 13.1 Å². The van der Waals surface area contributed by atoms with Crippen molar-refractivity contribution >= 4 is 5.91 Å². The van der Waals surface area contributed by atoms with Crippen molar-refractivity contribution in [2.75, 3.05) is 39.3 Å². The van der Waals surface area contributed by atoms with Crippen LogP contribution >= 0.6 is 0 Å². The Bertz CT molecular complexity index is 313. The molecule has 2 rings (SSSR count). The van der Waals surface area contributed by atoms with E-state index in [1.54, 1.807) is 0 Å². The number of amides is 1. The van der Waals surface area contributed by atoms with Crippen LogP contribution in [0.4, 0.5) is 0 Å². The number of hydrogen-bond acceptors (Lipinski definition) is 3. The molecule has 1 N–H and O–H groups in total. The van der Waals surface area contributed by atoms with Crippen molar-refractivity contribution in [1.29, 1.82) is 0 Å². The largest absolute Gasteiger partial charge is 0.342 e. The van der Waals surface area contributed by atoms with Gasteiger partial charge in [-0.25, -0.2) is 0 Å². The second kappa shape index (κ2) is 8.74. The molecule has 122 valence electrons. The molecule has 0 aromatic carbocycles. The molecule has 2 aliphatic heterocycles. The average Bonchev–Trinajstić information content (AvgIpc) is 2.53. The molecule has 4 nitrogen and oxygen atoms in total. The van der Waals surface area contributed by atoms with Gasteiger partial charge in [-0.1, -0.05) is 6.92 Å². The number of likely N-dealkylation sites (tertiary alicyclic amines) is 2. The van der Waals surface area contributed by atoms with Crippen molar-refractivity contribution in [3.05, 3.63) is 0 Å². The van der Waals surface area contributed by atoms with Crippen molar-refractivity contribution in [3.8, 4) is 0 Å². The van der Waals surface area contributed by atoms with Gasteiger partial charge in [0.15, 0.2) is 0 Å². The van der Waals surface area contributed by atoms with E-state index in [1.807, 2.05) is 4.90 Å². The minimum atomic E-state index is 0.294. The first-order chi connectivity index (χ1) is 10.2. The molecule has 4 heteroatoms. The molecule has 21 heavy (non-hydrogen) atoms. The van der Waals surface area contributed by atoms with Crippen molar-refractivity contribution in [1.82, 2.24) is 15.1 Å². The molecular weight excluding hydrogens is 262 g/mol. The van der Waals surface area contributed by atoms with Crippen LogP contribution in [0, 0.1) is 5.92 Å². The van der Waals surface area contributed by atoms with E-state index in [1.165, 1.54) is 58.2 Å². The minimum Gasteiger partial charge on any atom is -0.342 e. The first-order valence-corrected chi connectivity index (χ1v) is 8.94. The van der Waals surface area contributed by atoms with Crippen molar-refractivity contribution in [3.63, 3.8) is 0 Å². The predicted octanol–water partition coefficient (Wildman–Crippen LogP) is 2.10. The molecule has 2 unspecified atom stereocenters. The van der Waals surface area contributed by atoms with E-state index in [9.17, 15) is 4.79 Å². The summed E-state index contributed by atoms with van der Waals surface area (Å²) >= 11 is 0. The molecule has 0 aliphatic carbocycles. The van der Waals surface area contributed by atoms with Crippen molar-refractivity contribution < 1.29 is 4.79 Å². The Labute approximate surface area is 130 Å². The topological polar surface area (TPSA) is 35.6 Å². The van der Waals surface area contributed by atoms with E-state index in [-0.39, 0.29) is 0 Å². The first-order valence-electron chi connectivity index (χ1n) is 8.94. The molecule has 0 bridgehead atoms. The first kappa shape index (κ1) is 16.8. The molecule has 2 atom stereocenters. The van der Waals surface area contributed by atoms with Gasteiger partial charge in [0.1, 0.15) is 0 Å². The molecule has 0 saturated carbocycles. The molecular formula is C17H33N3O. The maximum absolute atomic E-state index is 12.2. The number of rotatable bonds is 6. The molecule has 2 fully saturated rings. The summed E-state index contributed by atoms with van der Waals surface area (Å²) in [4.78, 5) is 16.8. The van der Waals surface area contributed by atoms with E-state index in [4.69, 9.17) is 0 Å². The maximum Gasteiger partial charge on any atom is 0.236 e. The Morgan fingerprint density at radius 1 is 1.19 bits per heavy atom. The van der Waals surface area contributed by atoms with E-state index < -0.39 is 0 Å². The molecule has 2 aliphatic rings. The van der Waals surface area contributed by atoms with Gasteiger partial charge in [0.2, 0.25) is 5.91 Å². The number of carbonyl (C=O) groups is 1. The summed E-state index contributed by atoms with van der Waals surface area (Å²) < 4.78 is 0. The van der Waals surface area contributed by atoms with Crippen LogP contribution in [0.5, 0.6) is 0 Å². The van der Waals surface area contributed by atoms with Gasteiger partial charge in [0.25, 0.3) is 0 Å². The lowest BCUT2D eigenvalue weighted by Crippen LogP contribution is -2.48. The van der Waals surface area contributed by atoms with Crippen LogP contribution in [0.1, 0.15) is 52.4 Å². The van der Waals surface area contributed by atoms with Crippen molar-refractivity contribution in [2.45, 2.75) is 58.4 Å². The van der Waals surface area contributed by atoms with Crippen LogP contribution in [-0.4, -0.2) is 61.0 Å². The van der Waals surface area contributed by atoms with Gasteiger partial charge < -0.3 is 15.1 Å². The molecule has 2 heterocycles. The predicted molar refractivity (Wildman–Crippen MR) is 87.4 cm³/mol. The van der Waals surface area contributed by atoms with Crippen molar-refractivity contribution in [2.24, 2.45) is 5.92 Å². The number of nitrogens with zero attached hydrogens (tertiary/aromatic N) is 2. The summed E-state index contributed by atoms with van der Waals surface area (Å²) in [6.45, 7) is 10.6. The van der Waals surface area contributed by atoms with Gasteiger partial charge >= 0.3 is 0 Å². The van der Waals surface area contributed by atoms with Gasteiger partial charge in [-0.3, -0.25) is 4.79 Å². The molecule has 1 amide bonds. The van der Waals surface area contributed by atoms with E-state index in [2.05, 4.69) is 24.1 Å². The van der Waals surface area contributed by atoms with Gasteiger partial charge in [-0.2, -0.15) is 0 Å². The summed E-state index contributed by atoms with van der Waals surface area (Å²) in [6, 6.07) is 0.443. The normalized spacial score (nSPS) is 25.8. The lowest BCUT2D eigenvalue weighted by atomic mass is 9.91. The van der Waals surface area contributed by atoms with E-state index in [0.29, 0.717) is 24.4 Å². The Morgan fingerprint density at radius 3 is 2.67 bits per heavy atom. The second-order valence-electron chi connectivity index (χ2n) is 6.81. The highest BCUT2D eigenvalue weighted by molar-refractivity contribution is 5.78. The quantitative estimate of drug-likeness (QED) is 0.815. The zero-order chi connectivity index (χ0) is 15.1.